The number of amides is 2. The average Bonchev–Trinajstić information content (AvgIpc) is 2.34. The topological polar surface area (TPSA) is 52.6 Å². The highest BCUT2D eigenvalue weighted by Gasteiger charge is 2.22. The molecule has 1 aromatic carbocycles. The van der Waals surface area contributed by atoms with Crippen LogP contribution in [0.5, 0.6) is 0 Å². The number of aliphatic hydroxyl groups excluding tert-OH is 1. The van der Waals surface area contributed by atoms with E-state index in [2.05, 4.69) is 5.32 Å². The Bertz CT molecular complexity index is 445. The predicted octanol–water partition coefficient (Wildman–Crippen LogP) is 2.29. The number of hydrogen-bond acceptors (Lipinski definition) is 2. The van der Waals surface area contributed by atoms with Crippen molar-refractivity contribution in [2.45, 2.75) is 32.8 Å². The van der Waals surface area contributed by atoms with Crippen molar-refractivity contribution in [3.8, 4) is 0 Å². The lowest BCUT2D eigenvalue weighted by molar-refractivity contribution is 0.0883. The van der Waals surface area contributed by atoms with Crippen LogP contribution < -0.4 is 5.32 Å². The van der Waals surface area contributed by atoms with E-state index in [1.54, 1.807) is 4.90 Å². The maximum Gasteiger partial charge on any atom is 0.321 e. The molecule has 1 aromatic rings. The van der Waals surface area contributed by atoms with E-state index >= 15 is 0 Å². The van der Waals surface area contributed by atoms with Crippen molar-refractivity contribution in [1.82, 2.24) is 4.90 Å². The number of anilines is 1. The summed E-state index contributed by atoms with van der Waals surface area (Å²) in [7, 11) is 0. The van der Waals surface area contributed by atoms with Crippen LogP contribution in [0.1, 0.15) is 24.0 Å². The van der Waals surface area contributed by atoms with Gasteiger partial charge in [-0.05, 0) is 43.9 Å². The fraction of sp³-hybridized carbons (Fsp3) is 0.500. The van der Waals surface area contributed by atoms with Gasteiger partial charge in [0.25, 0.3) is 0 Å². The van der Waals surface area contributed by atoms with E-state index in [9.17, 15) is 9.90 Å². The lowest BCUT2D eigenvalue weighted by Gasteiger charge is -2.30. The zero-order valence-electron chi connectivity index (χ0n) is 10.9. The molecule has 1 saturated heterocycles. The largest absolute Gasteiger partial charge is 0.391 e. The highest BCUT2D eigenvalue weighted by molar-refractivity contribution is 5.90. The number of nitrogens with zero attached hydrogens (tertiary/aromatic N) is 1. The zero-order valence-corrected chi connectivity index (χ0v) is 10.9. The maximum absolute atomic E-state index is 12.1. The van der Waals surface area contributed by atoms with Crippen LogP contribution in [0.3, 0.4) is 0 Å². The molecule has 0 aromatic heterocycles. The number of rotatable bonds is 1. The van der Waals surface area contributed by atoms with E-state index in [1.165, 1.54) is 0 Å². The van der Waals surface area contributed by atoms with Gasteiger partial charge in [-0.3, -0.25) is 0 Å². The van der Waals surface area contributed by atoms with Crippen molar-refractivity contribution >= 4 is 11.7 Å². The molecule has 1 fully saturated rings. The number of benzene rings is 1. The van der Waals surface area contributed by atoms with Gasteiger partial charge in [-0.2, -0.15) is 0 Å². The van der Waals surface area contributed by atoms with E-state index < -0.39 is 0 Å². The van der Waals surface area contributed by atoms with Crippen molar-refractivity contribution in [1.29, 1.82) is 0 Å². The Labute approximate surface area is 108 Å². The normalized spacial score (nSPS) is 19.7. The summed E-state index contributed by atoms with van der Waals surface area (Å²) in [5.74, 6) is 0. The second kappa shape index (κ2) is 5.40. The lowest BCUT2D eigenvalue weighted by atomic mass is 10.1. The van der Waals surface area contributed by atoms with Crippen molar-refractivity contribution in [3.05, 3.63) is 29.3 Å². The third-order valence-corrected chi connectivity index (χ3v) is 3.32. The van der Waals surface area contributed by atoms with Gasteiger partial charge < -0.3 is 15.3 Å². The number of carbonyl (C=O) groups excluding carboxylic acids is 1. The summed E-state index contributed by atoms with van der Waals surface area (Å²) in [6.45, 7) is 5.12. The summed E-state index contributed by atoms with van der Waals surface area (Å²) in [6, 6.07) is 5.86. The zero-order chi connectivity index (χ0) is 13.1. The summed E-state index contributed by atoms with van der Waals surface area (Å²) in [5.41, 5.74) is 3.01. The van der Waals surface area contributed by atoms with Gasteiger partial charge in [0.05, 0.1) is 6.10 Å². The van der Waals surface area contributed by atoms with Crippen LogP contribution in [0.2, 0.25) is 0 Å². The summed E-state index contributed by atoms with van der Waals surface area (Å²) in [5, 5.41) is 12.5. The number of hydrogen-bond donors (Lipinski definition) is 2. The third kappa shape index (κ3) is 3.01. The fourth-order valence-corrected chi connectivity index (χ4v) is 2.20. The minimum atomic E-state index is -0.386. The van der Waals surface area contributed by atoms with Crippen LogP contribution in [-0.4, -0.2) is 35.2 Å². The molecule has 0 bridgehead atoms. The molecule has 18 heavy (non-hydrogen) atoms. The van der Waals surface area contributed by atoms with Gasteiger partial charge in [0, 0.05) is 18.8 Å². The Balaban J connectivity index is 2.04. The molecule has 1 aliphatic rings. The first-order valence-corrected chi connectivity index (χ1v) is 6.37. The second-order valence-electron chi connectivity index (χ2n) is 4.99. The minimum absolute atomic E-state index is 0.123. The molecule has 2 N–H and O–H groups in total. The minimum Gasteiger partial charge on any atom is -0.391 e. The number of nitrogens with one attached hydrogen (secondary N) is 1. The summed E-state index contributed by atoms with van der Waals surface area (Å²) < 4.78 is 0. The molecule has 0 spiro atoms. The van der Waals surface area contributed by atoms with E-state index in [0.29, 0.717) is 13.1 Å². The van der Waals surface area contributed by atoms with Crippen LogP contribution in [-0.2, 0) is 0 Å². The first kappa shape index (κ1) is 12.9. The number of aryl methyl sites for hydroxylation is 2. The number of likely N-dealkylation sites (tertiary alicyclic amines) is 1. The Kier molecular flexibility index (Phi) is 3.87. The van der Waals surface area contributed by atoms with Crippen molar-refractivity contribution in [3.63, 3.8) is 0 Å². The monoisotopic (exact) mass is 248 g/mol. The van der Waals surface area contributed by atoms with Gasteiger partial charge in [0.1, 0.15) is 0 Å². The average molecular weight is 248 g/mol. The van der Waals surface area contributed by atoms with Gasteiger partial charge in [-0.15, -0.1) is 0 Å². The van der Waals surface area contributed by atoms with Crippen molar-refractivity contribution in [2.75, 3.05) is 18.4 Å². The molecule has 1 heterocycles. The molecular formula is C14H20N2O2. The molecule has 1 aliphatic heterocycles. The Hall–Kier alpha value is -1.55. The van der Waals surface area contributed by atoms with Gasteiger partial charge in [0.15, 0.2) is 0 Å². The highest BCUT2D eigenvalue weighted by atomic mass is 16.3. The quantitative estimate of drug-likeness (QED) is 0.801. The van der Waals surface area contributed by atoms with Crippen LogP contribution >= 0.6 is 0 Å². The molecule has 2 rings (SSSR count). The smallest absolute Gasteiger partial charge is 0.321 e. The van der Waals surface area contributed by atoms with E-state index in [1.807, 2.05) is 32.0 Å². The van der Waals surface area contributed by atoms with Crippen LogP contribution in [0.4, 0.5) is 10.5 Å². The molecule has 4 heteroatoms. The maximum atomic E-state index is 12.1. The lowest BCUT2D eigenvalue weighted by Crippen LogP contribution is -2.44. The van der Waals surface area contributed by atoms with Gasteiger partial charge in [0.2, 0.25) is 0 Å². The molecule has 98 valence electrons. The van der Waals surface area contributed by atoms with Gasteiger partial charge in [-0.1, -0.05) is 12.1 Å². The second-order valence-corrected chi connectivity index (χ2v) is 4.99. The molecule has 1 unspecified atom stereocenters. The number of aliphatic hydroxyl groups is 1. The Morgan fingerprint density at radius 3 is 2.94 bits per heavy atom. The number of urea groups is 1. The third-order valence-electron chi connectivity index (χ3n) is 3.32. The van der Waals surface area contributed by atoms with Crippen molar-refractivity contribution < 1.29 is 9.90 Å². The SMILES string of the molecule is Cc1ccc(C)c(NC(=O)N2CCCC(O)C2)c1. The van der Waals surface area contributed by atoms with E-state index in [0.717, 1.165) is 29.7 Å². The number of piperidine rings is 1. The van der Waals surface area contributed by atoms with Crippen LogP contribution in [0.25, 0.3) is 0 Å². The number of carbonyl (C=O) groups is 1. The summed E-state index contributed by atoms with van der Waals surface area (Å²) >= 11 is 0. The van der Waals surface area contributed by atoms with Gasteiger partial charge in [-0.25, -0.2) is 4.79 Å². The summed E-state index contributed by atoms with van der Waals surface area (Å²) in [6.07, 6.45) is 1.26. The Morgan fingerprint density at radius 2 is 2.22 bits per heavy atom. The van der Waals surface area contributed by atoms with Crippen LogP contribution in [0.15, 0.2) is 18.2 Å². The Morgan fingerprint density at radius 1 is 1.44 bits per heavy atom. The van der Waals surface area contributed by atoms with Crippen LogP contribution in [0, 0.1) is 13.8 Å². The summed E-state index contributed by atoms with van der Waals surface area (Å²) in [4.78, 5) is 13.8. The molecule has 0 aliphatic carbocycles. The molecular weight excluding hydrogens is 228 g/mol. The first-order valence-electron chi connectivity index (χ1n) is 6.37. The predicted molar refractivity (Wildman–Crippen MR) is 71.7 cm³/mol. The number of β-amino-alcohol motifs (C(OH)–C–C–N with tert-alkyl or cyclic N) is 1. The molecule has 0 radical (unpaired) electrons. The van der Waals surface area contributed by atoms with E-state index in [-0.39, 0.29) is 12.1 Å². The van der Waals surface area contributed by atoms with Gasteiger partial charge >= 0.3 is 6.03 Å². The first-order chi connectivity index (χ1) is 8.56. The molecule has 0 saturated carbocycles. The standard InChI is InChI=1S/C14H20N2O2/c1-10-5-6-11(2)13(8-10)15-14(18)16-7-3-4-12(17)9-16/h5-6,8,12,17H,3-4,7,9H2,1-2H3,(H,15,18). The highest BCUT2D eigenvalue weighted by Crippen LogP contribution is 2.18. The molecule has 1 atom stereocenters. The molecule has 4 nitrogen and oxygen atoms in total. The fourth-order valence-electron chi connectivity index (χ4n) is 2.20. The van der Waals surface area contributed by atoms with E-state index in [4.69, 9.17) is 0 Å². The van der Waals surface area contributed by atoms with Crippen molar-refractivity contribution in [2.24, 2.45) is 0 Å². The molecule has 2 amide bonds.